The van der Waals surface area contributed by atoms with Crippen LogP contribution in [0.3, 0.4) is 0 Å². The van der Waals surface area contributed by atoms with Crippen LogP contribution in [-0.4, -0.2) is 11.7 Å². The first-order chi connectivity index (χ1) is 18.3. The third kappa shape index (κ3) is 3.07. The maximum absolute atomic E-state index is 9.66. The van der Waals surface area contributed by atoms with E-state index in [0.717, 1.165) is 33.9 Å². The lowest BCUT2D eigenvalue weighted by molar-refractivity contribution is 1.15. The molecule has 0 unspecified atom stereocenters. The van der Waals surface area contributed by atoms with Crippen LogP contribution in [0.5, 0.6) is 0 Å². The van der Waals surface area contributed by atoms with Crippen molar-refractivity contribution in [1.29, 1.82) is 10.5 Å². The summed E-state index contributed by atoms with van der Waals surface area (Å²) in [6.45, 7) is 0.0319. The number of pyridine rings is 1. The molecule has 0 saturated carbocycles. The molecule has 0 amide bonds. The Hall–Kier alpha value is -5.33. The van der Waals surface area contributed by atoms with Gasteiger partial charge in [-0.05, 0) is 64.9 Å². The van der Waals surface area contributed by atoms with Crippen molar-refractivity contribution in [2.75, 3.05) is 9.80 Å². The number of aromatic nitrogens is 1. The number of fused-ring (bicyclic) bond motifs is 4. The molecule has 0 aliphatic carbocycles. The van der Waals surface area contributed by atoms with Gasteiger partial charge in [-0.2, -0.15) is 10.5 Å². The Morgan fingerprint density at radius 3 is 1.86 bits per heavy atom. The van der Waals surface area contributed by atoms with Crippen molar-refractivity contribution in [2.24, 2.45) is 0 Å². The van der Waals surface area contributed by atoms with Gasteiger partial charge in [0.1, 0.15) is 17.6 Å². The molecule has 5 nitrogen and oxygen atoms in total. The first-order valence-electron chi connectivity index (χ1n) is 12.1. The Bertz CT molecular complexity index is 1750. The predicted molar refractivity (Wildman–Crippen MR) is 148 cm³/mol. The van der Waals surface area contributed by atoms with Crippen molar-refractivity contribution < 1.29 is 0 Å². The molecule has 0 saturated heterocycles. The Balaban J connectivity index is 1.57. The van der Waals surface area contributed by atoms with Gasteiger partial charge in [0.05, 0.1) is 11.6 Å². The van der Waals surface area contributed by atoms with Gasteiger partial charge in [0, 0.05) is 28.4 Å². The molecule has 0 bridgehead atoms. The molecule has 170 valence electrons. The maximum Gasteiger partial charge on any atom is 0.252 e. The number of para-hydroxylation sites is 3. The fraction of sp³-hybridized carbons (Fsp3) is 0. The van der Waals surface area contributed by atoms with Gasteiger partial charge in [-0.15, -0.1) is 0 Å². The summed E-state index contributed by atoms with van der Waals surface area (Å²) < 4.78 is 0. The number of anilines is 6. The summed E-state index contributed by atoms with van der Waals surface area (Å²) in [6.07, 6.45) is 0. The largest absolute Gasteiger partial charge is 0.311 e. The van der Waals surface area contributed by atoms with E-state index in [-0.39, 0.29) is 12.4 Å². The van der Waals surface area contributed by atoms with Gasteiger partial charge in [-0.25, -0.2) is 4.98 Å². The predicted octanol–water partition coefficient (Wildman–Crippen LogP) is 4.91. The topological polar surface area (TPSA) is 67.0 Å². The minimum absolute atomic E-state index is 0.0319. The maximum atomic E-state index is 9.66. The first-order valence-corrected chi connectivity index (χ1v) is 12.1. The standard InChI is InChI=1S/C31H18BN5/c33-19-21-17-22(20-34)35-30(18-21)37-27-14-7-5-12-25(27)32-24-11-4-6-13-26(24)36(23-9-2-1-3-10-23)28-15-8-16-29(37)31(28)32/h1-18H. The summed E-state index contributed by atoms with van der Waals surface area (Å²) >= 11 is 0. The van der Waals surface area contributed by atoms with Crippen molar-refractivity contribution in [2.45, 2.75) is 0 Å². The van der Waals surface area contributed by atoms with E-state index in [9.17, 15) is 10.5 Å². The van der Waals surface area contributed by atoms with Crippen LogP contribution in [0, 0.1) is 22.7 Å². The third-order valence-electron chi connectivity index (χ3n) is 7.11. The zero-order valence-electron chi connectivity index (χ0n) is 19.7. The molecule has 37 heavy (non-hydrogen) atoms. The molecule has 2 aliphatic rings. The van der Waals surface area contributed by atoms with Gasteiger partial charge in [-0.1, -0.05) is 60.7 Å². The van der Waals surface area contributed by atoms with E-state index in [1.54, 1.807) is 6.07 Å². The number of nitrogens with zero attached hydrogens (tertiary/aromatic N) is 5. The van der Waals surface area contributed by atoms with Crippen molar-refractivity contribution in [3.8, 4) is 12.1 Å². The van der Waals surface area contributed by atoms with Gasteiger partial charge in [0.2, 0.25) is 0 Å². The van der Waals surface area contributed by atoms with E-state index in [1.165, 1.54) is 17.0 Å². The minimum atomic E-state index is 0.0319. The molecule has 0 N–H and O–H groups in total. The van der Waals surface area contributed by atoms with Crippen LogP contribution in [-0.2, 0) is 0 Å². The van der Waals surface area contributed by atoms with Gasteiger partial charge < -0.3 is 4.90 Å². The quantitative estimate of drug-likeness (QED) is 0.336. The lowest BCUT2D eigenvalue weighted by Crippen LogP contribution is -2.61. The zero-order valence-corrected chi connectivity index (χ0v) is 19.7. The Morgan fingerprint density at radius 1 is 0.595 bits per heavy atom. The second-order valence-electron chi connectivity index (χ2n) is 9.09. The van der Waals surface area contributed by atoms with E-state index in [0.29, 0.717) is 11.4 Å². The molecule has 4 aromatic carbocycles. The molecule has 0 radical (unpaired) electrons. The highest BCUT2D eigenvalue weighted by atomic mass is 15.2. The normalized spacial score (nSPS) is 12.6. The van der Waals surface area contributed by atoms with Crippen LogP contribution in [0.1, 0.15) is 11.3 Å². The number of benzene rings is 4. The van der Waals surface area contributed by atoms with Crippen molar-refractivity contribution in [3.63, 3.8) is 0 Å². The second kappa shape index (κ2) is 8.12. The molecule has 5 aromatic rings. The number of rotatable bonds is 2. The van der Waals surface area contributed by atoms with Crippen LogP contribution in [0.25, 0.3) is 0 Å². The fourth-order valence-electron chi connectivity index (χ4n) is 5.69. The van der Waals surface area contributed by atoms with Gasteiger partial charge in [-0.3, -0.25) is 4.90 Å². The molecular weight excluding hydrogens is 453 g/mol. The van der Waals surface area contributed by atoms with Gasteiger partial charge >= 0.3 is 0 Å². The summed E-state index contributed by atoms with van der Waals surface area (Å²) in [5, 5.41) is 19.3. The highest BCUT2D eigenvalue weighted by Crippen LogP contribution is 2.43. The Morgan fingerprint density at radius 2 is 1.19 bits per heavy atom. The first kappa shape index (κ1) is 21.0. The Labute approximate surface area is 215 Å². The molecule has 6 heteroatoms. The zero-order chi connectivity index (χ0) is 24.9. The summed E-state index contributed by atoms with van der Waals surface area (Å²) in [6, 6.07) is 41.2. The molecule has 2 aliphatic heterocycles. The molecule has 0 spiro atoms. The average Bonchev–Trinajstić information content (AvgIpc) is 2.97. The highest BCUT2D eigenvalue weighted by Gasteiger charge is 2.42. The van der Waals surface area contributed by atoms with Crippen LogP contribution in [0.2, 0.25) is 0 Å². The SMILES string of the molecule is N#Cc1cc(C#N)nc(N2c3ccccc3B3c4ccccc4N(c4ccccc4)c4cccc2c43)c1. The van der Waals surface area contributed by atoms with Gasteiger partial charge in [0.15, 0.2) is 0 Å². The van der Waals surface area contributed by atoms with Crippen LogP contribution in [0.15, 0.2) is 109 Å². The summed E-state index contributed by atoms with van der Waals surface area (Å²) in [5.74, 6) is 0.556. The van der Waals surface area contributed by atoms with Gasteiger partial charge in [0.25, 0.3) is 6.71 Å². The van der Waals surface area contributed by atoms with Crippen LogP contribution < -0.4 is 26.2 Å². The summed E-state index contributed by atoms with van der Waals surface area (Å²) in [5.41, 5.74) is 9.51. The van der Waals surface area contributed by atoms with Crippen molar-refractivity contribution in [3.05, 3.63) is 120 Å². The number of nitriles is 2. The second-order valence-corrected chi connectivity index (χ2v) is 9.09. The highest BCUT2D eigenvalue weighted by molar-refractivity contribution is 7.00. The number of hydrogen-bond donors (Lipinski definition) is 0. The number of hydrogen-bond acceptors (Lipinski definition) is 5. The van der Waals surface area contributed by atoms with Crippen molar-refractivity contribution in [1.82, 2.24) is 4.98 Å². The van der Waals surface area contributed by atoms with E-state index < -0.39 is 0 Å². The van der Waals surface area contributed by atoms with E-state index >= 15 is 0 Å². The molecular formula is C31H18BN5. The Kier molecular flexibility index (Phi) is 4.61. The molecule has 0 fully saturated rings. The summed E-state index contributed by atoms with van der Waals surface area (Å²) in [7, 11) is 0. The van der Waals surface area contributed by atoms with E-state index in [1.807, 2.05) is 12.1 Å². The fourth-order valence-corrected chi connectivity index (χ4v) is 5.69. The monoisotopic (exact) mass is 471 g/mol. The van der Waals surface area contributed by atoms with E-state index in [2.05, 4.69) is 112 Å². The molecule has 3 heterocycles. The van der Waals surface area contributed by atoms with Crippen LogP contribution >= 0.6 is 0 Å². The van der Waals surface area contributed by atoms with E-state index in [4.69, 9.17) is 0 Å². The van der Waals surface area contributed by atoms with Crippen molar-refractivity contribution >= 4 is 57.4 Å². The van der Waals surface area contributed by atoms with Crippen LogP contribution in [0.4, 0.5) is 34.3 Å². The molecule has 7 rings (SSSR count). The lowest BCUT2D eigenvalue weighted by atomic mass is 9.33. The average molecular weight is 471 g/mol. The minimum Gasteiger partial charge on any atom is -0.311 e. The molecule has 0 atom stereocenters. The molecule has 1 aromatic heterocycles. The third-order valence-corrected chi connectivity index (χ3v) is 7.11. The summed E-state index contributed by atoms with van der Waals surface area (Å²) in [4.78, 5) is 9.04. The smallest absolute Gasteiger partial charge is 0.252 e. The lowest BCUT2D eigenvalue weighted by Gasteiger charge is -2.43.